The molecule has 0 unspecified atom stereocenters. The zero-order valence-electron chi connectivity index (χ0n) is 15.5. The molecule has 0 aliphatic heterocycles. The third-order valence-corrected chi connectivity index (χ3v) is 4.37. The number of benzene rings is 2. The van der Waals surface area contributed by atoms with E-state index in [0.29, 0.717) is 10.7 Å². The first-order valence-electron chi connectivity index (χ1n) is 8.88. The van der Waals surface area contributed by atoms with Crippen molar-refractivity contribution in [2.45, 2.75) is 27.2 Å². The van der Waals surface area contributed by atoms with Crippen LogP contribution in [0.2, 0.25) is 0 Å². The lowest BCUT2D eigenvalue weighted by atomic mass is 10.1. The summed E-state index contributed by atoms with van der Waals surface area (Å²) in [6.07, 6.45) is 0.992. The van der Waals surface area contributed by atoms with E-state index in [1.807, 2.05) is 48.5 Å². The Balaban J connectivity index is 1.86. The van der Waals surface area contributed by atoms with E-state index in [2.05, 4.69) is 41.8 Å². The summed E-state index contributed by atoms with van der Waals surface area (Å²) in [4.78, 5) is 14.5. The van der Waals surface area contributed by atoms with Gasteiger partial charge in [0.05, 0.1) is 0 Å². The highest BCUT2D eigenvalue weighted by atomic mass is 32.1. The van der Waals surface area contributed by atoms with E-state index >= 15 is 0 Å². The molecule has 138 valence electrons. The number of aryl methyl sites for hydroxylation is 1. The molecule has 26 heavy (non-hydrogen) atoms. The Morgan fingerprint density at radius 1 is 0.923 bits per heavy atom. The fourth-order valence-corrected chi connectivity index (χ4v) is 2.75. The van der Waals surface area contributed by atoms with Crippen molar-refractivity contribution in [3.8, 4) is 0 Å². The molecule has 3 N–H and O–H groups in total. The van der Waals surface area contributed by atoms with Gasteiger partial charge in [0.1, 0.15) is 0 Å². The number of carbonyl (C=O) groups excluding carboxylic acids is 1. The SMILES string of the molecule is CCc1ccc(NC(=S)NNC(=O)c2ccc(N(CC)CC)cc2)cc1. The number of thiocarbonyl (C=S) groups is 1. The summed E-state index contributed by atoms with van der Waals surface area (Å²) < 4.78 is 0. The van der Waals surface area contributed by atoms with E-state index in [1.165, 1.54) is 5.56 Å². The summed E-state index contributed by atoms with van der Waals surface area (Å²) in [6, 6.07) is 15.5. The van der Waals surface area contributed by atoms with Crippen LogP contribution in [0.15, 0.2) is 48.5 Å². The Morgan fingerprint density at radius 3 is 2.08 bits per heavy atom. The molecule has 5 nitrogen and oxygen atoms in total. The number of anilines is 2. The predicted molar refractivity (Wildman–Crippen MR) is 113 cm³/mol. The number of hydrazine groups is 1. The van der Waals surface area contributed by atoms with Crippen LogP contribution in [0.25, 0.3) is 0 Å². The van der Waals surface area contributed by atoms with Gasteiger partial charge in [-0.2, -0.15) is 0 Å². The molecule has 0 radical (unpaired) electrons. The van der Waals surface area contributed by atoms with Gasteiger partial charge in [-0.3, -0.25) is 15.6 Å². The van der Waals surface area contributed by atoms with Gasteiger partial charge in [0.2, 0.25) is 0 Å². The summed E-state index contributed by atoms with van der Waals surface area (Å²) >= 11 is 5.21. The second-order valence-electron chi connectivity index (χ2n) is 5.80. The molecule has 2 aromatic rings. The highest BCUT2D eigenvalue weighted by Gasteiger charge is 2.07. The minimum Gasteiger partial charge on any atom is -0.372 e. The minimum atomic E-state index is -0.235. The molecule has 2 aromatic carbocycles. The molecule has 0 aromatic heterocycles. The number of carbonyl (C=O) groups is 1. The van der Waals surface area contributed by atoms with Gasteiger partial charge in [-0.1, -0.05) is 19.1 Å². The smallest absolute Gasteiger partial charge is 0.269 e. The summed E-state index contributed by atoms with van der Waals surface area (Å²) in [5.41, 5.74) is 9.15. The molecule has 6 heteroatoms. The van der Waals surface area contributed by atoms with Gasteiger partial charge in [0.25, 0.3) is 5.91 Å². The third-order valence-electron chi connectivity index (χ3n) is 4.17. The van der Waals surface area contributed by atoms with E-state index < -0.39 is 0 Å². The average Bonchev–Trinajstić information content (AvgIpc) is 2.68. The Labute approximate surface area is 160 Å². The van der Waals surface area contributed by atoms with Crippen LogP contribution in [0.4, 0.5) is 11.4 Å². The van der Waals surface area contributed by atoms with E-state index in [1.54, 1.807) is 0 Å². The highest BCUT2D eigenvalue weighted by Crippen LogP contribution is 2.14. The van der Waals surface area contributed by atoms with Gasteiger partial charge >= 0.3 is 0 Å². The van der Waals surface area contributed by atoms with Crippen molar-refractivity contribution < 1.29 is 4.79 Å². The maximum atomic E-state index is 12.2. The van der Waals surface area contributed by atoms with Crippen molar-refractivity contribution in [1.82, 2.24) is 10.9 Å². The number of hydrogen-bond acceptors (Lipinski definition) is 3. The van der Waals surface area contributed by atoms with Gasteiger partial charge in [-0.25, -0.2) is 0 Å². The largest absolute Gasteiger partial charge is 0.372 e. The molecule has 0 spiro atoms. The van der Waals surface area contributed by atoms with E-state index in [-0.39, 0.29) is 5.91 Å². The Bertz CT molecular complexity index is 724. The van der Waals surface area contributed by atoms with Crippen LogP contribution < -0.4 is 21.1 Å². The van der Waals surface area contributed by atoms with Crippen molar-refractivity contribution in [3.05, 3.63) is 59.7 Å². The van der Waals surface area contributed by atoms with Gasteiger partial charge < -0.3 is 10.2 Å². The number of hydrogen-bond donors (Lipinski definition) is 3. The van der Waals surface area contributed by atoms with E-state index in [9.17, 15) is 4.79 Å². The fourth-order valence-electron chi connectivity index (χ4n) is 2.58. The second kappa shape index (κ2) is 9.77. The quantitative estimate of drug-likeness (QED) is 0.534. The number of amides is 1. The van der Waals surface area contributed by atoms with E-state index in [0.717, 1.165) is 30.9 Å². The number of nitrogens with zero attached hydrogens (tertiary/aromatic N) is 1. The standard InChI is InChI=1S/C20H26N4OS/c1-4-15-7-11-17(12-8-15)21-20(26)23-22-19(25)16-9-13-18(14-10-16)24(5-2)6-3/h7-14H,4-6H2,1-3H3,(H,22,25)(H2,21,23,26). The summed E-state index contributed by atoms with van der Waals surface area (Å²) in [6.45, 7) is 8.19. The Morgan fingerprint density at radius 2 is 1.54 bits per heavy atom. The molecular weight excluding hydrogens is 344 g/mol. The first kappa shape index (κ1) is 19.7. The Hall–Kier alpha value is -2.60. The van der Waals surface area contributed by atoms with Crippen LogP contribution in [-0.4, -0.2) is 24.1 Å². The molecule has 0 aliphatic carbocycles. The lowest BCUT2D eigenvalue weighted by Crippen LogP contribution is -2.43. The molecule has 2 rings (SSSR count). The topological polar surface area (TPSA) is 56.4 Å². The summed E-state index contributed by atoms with van der Waals surface area (Å²) in [7, 11) is 0. The van der Waals surface area contributed by atoms with Crippen molar-refractivity contribution in [2.75, 3.05) is 23.3 Å². The average molecular weight is 371 g/mol. The van der Waals surface area contributed by atoms with Crippen LogP contribution in [-0.2, 0) is 6.42 Å². The number of rotatable bonds is 6. The zero-order chi connectivity index (χ0) is 18.9. The monoisotopic (exact) mass is 370 g/mol. The van der Waals surface area contributed by atoms with Gasteiger partial charge in [-0.15, -0.1) is 0 Å². The third kappa shape index (κ3) is 5.46. The molecule has 0 bridgehead atoms. The maximum absolute atomic E-state index is 12.2. The molecule has 0 aliphatic rings. The normalized spacial score (nSPS) is 10.1. The summed E-state index contributed by atoms with van der Waals surface area (Å²) in [5, 5.41) is 3.37. The first-order chi connectivity index (χ1) is 12.6. The van der Waals surface area contributed by atoms with Crippen molar-refractivity contribution >= 4 is 34.6 Å². The number of nitrogens with one attached hydrogen (secondary N) is 3. The molecule has 1 amide bonds. The maximum Gasteiger partial charge on any atom is 0.269 e. The lowest BCUT2D eigenvalue weighted by molar-refractivity contribution is 0.0944. The first-order valence-corrected chi connectivity index (χ1v) is 9.29. The van der Waals surface area contributed by atoms with Gasteiger partial charge in [-0.05, 0) is 74.4 Å². The molecule has 0 fully saturated rings. The molecular formula is C20H26N4OS. The zero-order valence-corrected chi connectivity index (χ0v) is 16.3. The highest BCUT2D eigenvalue weighted by molar-refractivity contribution is 7.80. The van der Waals surface area contributed by atoms with Gasteiger partial charge in [0, 0.05) is 30.0 Å². The molecule has 0 saturated heterocycles. The van der Waals surface area contributed by atoms with E-state index in [4.69, 9.17) is 12.2 Å². The van der Waals surface area contributed by atoms with Crippen LogP contribution in [0.5, 0.6) is 0 Å². The fraction of sp³-hybridized carbons (Fsp3) is 0.300. The lowest BCUT2D eigenvalue weighted by Gasteiger charge is -2.21. The van der Waals surface area contributed by atoms with Gasteiger partial charge in [0.15, 0.2) is 5.11 Å². The molecule has 0 atom stereocenters. The Kier molecular flexibility index (Phi) is 7.41. The van der Waals surface area contributed by atoms with Crippen LogP contribution in [0, 0.1) is 0 Å². The molecule has 0 saturated carbocycles. The van der Waals surface area contributed by atoms with Crippen LogP contribution in [0.1, 0.15) is 36.7 Å². The van der Waals surface area contributed by atoms with Crippen LogP contribution >= 0.6 is 12.2 Å². The molecule has 0 heterocycles. The minimum absolute atomic E-state index is 0.235. The predicted octanol–water partition coefficient (Wildman–Crippen LogP) is 3.73. The van der Waals surface area contributed by atoms with Crippen molar-refractivity contribution in [1.29, 1.82) is 0 Å². The second-order valence-corrected chi connectivity index (χ2v) is 6.21. The van der Waals surface area contributed by atoms with Crippen LogP contribution in [0.3, 0.4) is 0 Å². The summed E-state index contributed by atoms with van der Waals surface area (Å²) in [5.74, 6) is -0.235. The van der Waals surface area contributed by atoms with Crippen molar-refractivity contribution in [2.24, 2.45) is 0 Å². The van der Waals surface area contributed by atoms with Crippen molar-refractivity contribution in [3.63, 3.8) is 0 Å².